The number of halogens is 1. The third-order valence-electron chi connectivity index (χ3n) is 2.39. The van der Waals surface area contributed by atoms with Crippen LogP contribution in [0.5, 0.6) is 0 Å². The molecule has 0 aliphatic carbocycles. The van der Waals surface area contributed by atoms with Crippen molar-refractivity contribution in [3.8, 4) is 0 Å². The monoisotopic (exact) mass is 285 g/mol. The van der Waals surface area contributed by atoms with E-state index in [2.05, 4.69) is 0 Å². The molecule has 7 heteroatoms. The second-order valence-electron chi connectivity index (χ2n) is 3.58. The first kappa shape index (κ1) is 12.9. The largest absolute Gasteiger partial charge is 0.478 e. The van der Waals surface area contributed by atoms with Crippen LogP contribution in [-0.4, -0.2) is 34.4 Å². The number of rotatable bonds is 2. The standard InChI is InChI=1S/C11H8ClNO4S/c12-8-2-1-6(3-7(8)11(16)17)13-9(14)4-18-5-10(13)15/h1-3H,4-5H2,(H,16,17). The van der Waals surface area contributed by atoms with E-state index in [0.29, 0.717) is 0 Å². The molecule has 2 amide bonds. The van der Waals surface area contributed by atoms with E-state index in [-0.39, 0.29) is 39.6 Å². The molecule has 1 aliphatic rings. The zero-order valence-corrected chi connectivity index (χ0v) is 10.6. The topological polar surface area (TPSA) is 74.7 Å². The van der Waals surface area contributed by atoms with Crippen LogP contribution < -0.4 is 4.90 Å². The lowest BCUT2D eigenvalue weighted by Crippen LogP contribution is -2.43. The van der Waals surface area contributed by atoms with Gasteiger partial charge in [0.05, 0.1) is 27.8 Å². The Morgan fingerprint density at radius 1 is 1.28 bits per heavy atom. The number of imide groups is 1. The van der Waals surface area contributed by atoms with Gasteiger partial charge < -0.3 is 5.11 Å². The van der Waals surface area contributed by atoms with Gasteiger partial charge in [-0.25, -0.2) is 9.69 Å². The number of amides is 2. The molecule has 5 nitrogen and oxygen atoms in total. The number of carboxylic acid groups (broad SMARTS) is 1. The van der Waals surface area contributed by atoms with Crippen molar-refractivity contribution in [1.29, 1.82) is 0 Å². The van der Waals surface area contributed by atoms with Crippen LogP contribution in [-0.2, 0) is 9.59 Å². The van der Waals surface area contributed by atoms with Crippen LogP contribution in [0.4, 0.5) is 5.69 Å². The number of anilines is 1. The number of benzene rings is 1. The summed E-state index contributed by atoms with van der Waals surface area (Å²) < 4.78 is 0. The zero-order valence-electron chi connectivity index (χ0n) is 9.05. The van der Waals surface area contributed by atoms with Crippen LogP contribution in [0.1, 0.15) is 10.4 Å². The first-order valence-corrected chi connectivity index (χ1v) is 6.50. The van der Waals surface area contributed by atoms with Crippen LogP contribution in [0.3, 0.4) is 0 Å². The molecule has 0 aromatic heterocycles. The first-order chi connectivity index (χ1) is 8.50. The van der Waals surface area contributed by atoms with E-state index < -0.39 is 5.97 Å². The molecule has 94 valence electrons. The van der Waals surface area contributed by atoms with Crippen molar-refractivity contribution in [2.45, 2.75) is 0 Å². The summed E-state index contributed by atoms with van der Waals surface area (Å²) in [6.07, 6.45) is 0. The van der Waals surface area contributed by atoms with Gasteiger partial charge in [0.15, 0.2) is 0 Å². The third kappa shape index (κ3) is 2.34. The molecule has 1 aliphatic heterocycles. The van der Waals surface area contributed by atoms with E-state index >= 15 is 0 Å². The highest BCUT2D eigenvalue weighted by Crippen LogP contribution is 2.26. The number of carbonyl (C=O) groups excluding carboxylic acids is 2. The van der Waals surface area contributed by atoms with Gasteiger partial charge in [0.1, 0.15) is 0 Å². The average Bonchev–Trinajstić information content (AvgIpc) is 2.30. The molecule has 0 bridgehead atoms. The van der Waals surface area contributed by atoms with Gasteiger partial charge in [0.2, 0.25) is 11.8 Å². The van der Waals surface area contributed by atoms with Crippen molar-refractivity contribution in [2.24, 2.45) is 0 Å². The molecule has 2 rings (SSSR count). The Balaban J connectivity index is 2.44. The van der Waals surface area contributed by atoms with Gasteiger partial charge in [-0.1, -0.05) is 11.6 Å². The number of thioether (sulfide) groups is 1. The Morgan fingerprint density at radius 3 is 2.44 bits per heavy atom. The predicted molar refractivity (Wildman–Crippen MR) is 68.2 cm³/mol. The molecular formula is C11H8ClNO4S. The van der Waals surface area contributed by atoms with Crippen molar-refractivity contribution in [3.63, 3.8) is 0 Å². The van der Waals surface area contributed by atoms with Crippen LogP contribution in [0.2, 0.25) is 5.02 Å². The highest BCUT2D eigenvalue weighted by molar-refractivity contribution is 8.00. The van der Waals surface area contributed by atoms with Crippen molar-refractivity contribution in [2.75, 3.05) is 16.4 Å². The molecule has 1 aromatic rings. The van der Waals surface area contributed by atoms with Crippen LogP contribution in [0.25, 0.3) is 0 Å². The highest BCUT2D eigenvalue weighted by Gasteiger charge is 2.28. The normalized spacial score (nSPS) is 15.9. The number of carboxylic acids is 1. The van der Waals surface area contributed by atoms with Gasteiger partial charge in [0, 0.05) is 0 Å². The van der Waals surface area contributed by atoms with E-state index in [1.165, 1.54) is 30.0 Å². The Hall–Kier alpha value is -1.53. The summed E-state index contributed by atoms with van der Waals surface area (Å²) in [6.45, 7) is 0. The summed E-state index contributed by atoms with van der Waals surface area (Å²) in [5, 5.41) is 9.01. The summed E-state index contributed by atoms with van der Waals surface area (Å²) in [5.74, 6) is -1.49. The van der Waals surface area contributed by atoms with E-state index in [0.717, 1.165) is 4.90 Å². The van der Waals surface area contributed by atoms with Crippen molar-refractivity contribution >= 4 is 46.8 Å². The lowest BCUT2D eigenvalue weighted by molar-refractivity contribution is -0.124. The zero-order chi connectivity index (χ0) is 13.3. The van der Waals surface area contributed by atoms with Gasteiger partial charge in [-0.2, -0.15) is 0 Å². The molecule has 1 saturated heterocycles. The van der Waals surface area contributed by atoms with Gasteiger partial charge in [-0.15, -0.1) is 11.8 Å². The molecule has 0 saturated carbocycles. The first-order valence-electron chi connectivity index (χ1n) is 4.97. The summed E-state index contributed by atoms with van der Waals surface area (Å²) >= 11 is 6.97. The van der Waals surface area contributed by atoms with Gasteiger partial charge >= 0.3 is 5.97 Å². The maximum atomic E-state index is 11.7. The lowest BCUT2D eigenvalue weighted by atomic mass is 10.2. The molecule has 1 N–H and O–H groups in total. The van der Waals surface area contributed by atoms with Gasteiger partial charge in [-0.05, 0) is 18.2 Å². The van der Waals surface area contributed by atoms with Gasteiger partial charge in [-0.3, -0.25) is 9.59 Å². The molecule has 1 fully saturated rings. The van der Waals surface area contributed by atoms with Crippen molar-refractivity contribution in [1.82, 2.24) is 0 Å². The fraction of sp³-hybridized carbons (Fsp3) is 0.182. The smallest absolute Gasteiger partial charge is 0.337 e. The Kier molecular flexibility index (Phi) is 3.58. The van der Waals surface area contributed by atoms with Crippen molar-refractivity contribution < 1.29 is 19.5 Å². The number of nitrogens with zero attached hydrogens (tertiary/aromatic N) is 1. The van der Waals surface area contributed by atoms with Crippen LogP contribution in [0, 0.1) is 0 Å². The van der Waals surface area contributed by atoms with E-state index in [1.54, 1.807) is 0 Å². The lowest BCUT2D eigenvalue weighted by Gasteiger charge is -2.24. The molecule has 0 atom stereocenters. The Bertz CT molecular complexity index is 530. The quantitative estimate of drug-likeness (QED) is 0.836. The molecule has 0 unspecified atom stereocenters. The molecule has 18 heavy (non-hydrogen) atoms. The summed E-state index contributed by atoms with van der Waals surface area (Å²) in [7, 11) is 0. The van der Waals surface area contributed by atoms with Gasteiger partial charge in [0.25, 0.3) is 0 Å². The SMILES string of the molecule is O=C(O)c1cc(N2C(=O)CSCC2=O)ccc1Cl. The fourth-order valence-electron chi connectivity index (χ4n) is 1.60. The fourth-order valence-corrected chi connectivity index (χ4v) is 2.51. The Labute approximate surface area is 112 Å². The second-order valence-corrected chi connectivity index (χ2v) is 4.98. The second kappa shape index (κ2) is 4.99. The highest BCUT2D eigenvalue weighted by atomic mass is 35.5. The predicted octanol–water partition coefficient (Wildman–Crippen LogP) is 1.64. The maximum absolute atomic E-state index is 11.7. The minimum atomic E-state index is -1.20. The average molecular weight is 286 g/mol. The molecular weight excluding hydrogens is 278 g/mol. The third-order valence-corrected chi connectivity index (χ3v) is 3.62. The summed E-state index contributed by atoms with van der Waals surface area (Å²) in [5.41, 5.74) is 0.111. The number of hydrogen-bond donors (Lipinski definition) is 1. The van der Waals surface area contributed by atoms with E-state index in [1.807, 2.05) is 0 Å². The molecule has 0 radical (unpaired) electrons. The van der Waals surface area contributed by atoms with E-state index in [4.69, 9.17) is 16.7 Å². The maximum Gasteiger partial charge on any atom is 0.337 e. The van der Waals surface area contributed by atoms with E-state index in [9.17, 15) is 14.4 Å². The molecule has 0 spiro atoms. The number of carbonyl (C=O) groups is 3. The summed E-state index contributed by atoms with van der Waals surface area (Å²) in [4.78, 5) is 35.3. The number of hydrogen-bond acceptors (Lipinski definition) is 4. The number of aromatic carboxylic acids is 1. The Morgan fingerprint density at radius 2 is 1.89 bits per heavy atom. The summed E-state index contributed by atoms with van der Waals surface area (Å²) in [6, 6.07) is 4.06. The minimum absolute atomic E-state index is 0.0672. The van der Waals surface area contributed by atoms with Crippen LogP contribution >= 0.6 is 23.4 Å². The molecule has 1 aromatic carbocycles. The molecule has 1 heterocycles. The van der Waals surface area contributed by atoms with Crippen molar-refractivity contribution in [3.05, 3.63) is 28.8 Å². The minimum Gasteiger partial charge on any atom is -0.478 e. The van der Waals surface area contributed by atoms with Crippen LogP contribution in [0.15, 0.2) is 18.2 Å².